The number of anilines is 1. The van der Waals surface area contributed by atoms with Crippen molar-refractivity contribution in [3.05, 3.63) is 72.1 Å². The van der Waals surface area contributed by atoms with E-state index in [0.29, 0.717) is 5.56 Å². The van der Waals surface area contributed by atoms with Crippen LogP contribution in [0.3, 0.4) is 0 Å². The minimum atomic E-state index is 0.628. The molecule has 0 spiro atoms. The standard InChI is InChI=1S/C23H19N5/c1-26-20-8-7-17(11-18(20)13-25)23-22(16-5-3-15(12-24)4-6-16)19-9-10-28(2)21(19)14-27-23/h3-11,13-14,25-26H,1-2H3. The summed E-state index contributed by atoms with van der Waals surface area (Å²) in [6, 6.07) is 17.8. The average Bonchev–Trinajstić information content (AvgIpc) is 3.13. The fourth-order valence-corrected chi connectivity index (χ4v) is 3.51. The highest BCUT2D eigenvalue weighted by atomic mass is 14.9. The van der Waals surface area contributed by atoms with E-state index in [1.165, 1.54) is 6.21 Å². The molecule has 0 aliphatic rings. The molecule has 2 aromatic carbocycles. The molecule has 0 bridgehead atoms. The predicted molar refractivity (Wildman–Crippen MR) is 114 cm³/mol. The number of aryl methyl sites for hydroxylation is 1. The number of benzene rings is 2. The summed E-state index contributed by atoms with van der Waals surface area (Å²) in [5.41, 5.74) is 7.21. The van der Waals surface area contributed by atoms with Crippen molar-refractivity contribution < 1.29 is 0 Å². The smallest absolute Gasteiger partial charge is 0.0991 e. The number of nitrogens with zero attached hydrogens (tertiary/aromatic N) is 3. The summed E-state index contributed by atoms with van der Waals surface area (Å²) in [5.74, 6) is 0. The highest BCUT2D eigenvalue weighted by Gasteiger charge is 2.16. The molecule has 0 fully saturated rings. The second-order valence-corrected chi connectivity index (χ2v) is 6.59. The van der Waals surface area contributed by atoms with Gasteiger partial charge < -0.3 is 15.3 Å². The first kappa shape index (κ1) is 17.5. The number of fused-ring (bicyclic) bond motifs is 1. The van der Waals surface area contributed by atoms with Gasteiger partial charge in [-0.05, 0) is 35.9 Å². The largest absolute Gasteiger partial charge is 0.388 e. The van der Waals surface area contributed by atoms with Crippen LogP contribution in [0.5, 0.6) is 0 Å². The molecule has 0 atom stereocenters. The number of aromatic nitrogens is 2. The number of nitriles is 1. The van der Waals surface area contributed by atoms with Gasteiger partial charge in [0.15, 0.2) is 0 Å². The lowest BCUT2D eigenvalue weighted by Crippen LogP contribution is -1.97. The van der Waals surface area contributed by atoms with E-state index in [1.54, 1.807) is 0 Å². The molecule has 0 aliphatic heterocycles. The Balaban J connectivity index is 2.01. The molecule has 5 heteroatoms. The van der Waals surface area contributed by atoms with Gasteiger partial charge >= 0.3 is 0 Å². The Hall–Kier alpha value is -3.91. The Labute approximate surface area is 163 Å². The third kappa shape index (κ3) is 2.81. The molecule has 2 heterocycles. The molecule has 0 saturated heterocycles. The zero-order valence-electron chi connectivity index (χ0n) is 15.7. The fraction of sp³-hybridized carbons (Fsp3) is 0.0870. The molecule has 0 radical (unpaired) electrons. The summed E-state index contributed by atoms with van der Waals surface area (Å²) in [6.45, 7) is 0. The second-order valence-electron chi connectivity index (χ2n) is 6.59. The van der Waals surface area contributed by atoms with E-state index in [9.17, 15) is 0 Å². The van der Waals surface area contributed by atoms with E-state index < -0.39 is 0 Å². The monoisotopic (exact) mass is 365 g/mol. The Morgan fingerprint density at radius 1 is 1.11 bits per heavy atom. The minimum Gasteiger partial charge on any atom is -0.388 e. The highest BCUT2D eigenvalue weighted by Crippen LogP contribution is 2.37. The number of hydrogen-bond donors (Lipinski definition) is 2. The van der Waals surface area contributed by atoms with Crippen LogP contribution in [0, 0.1) is 16.7 Å². The van der Waals surface area contributed by atoms with Crippen LogP contribution in [-0.4, -0.2) is 22.8 Å². The number of pyridine rings is 1. The van der Waals surface area contributed by atoms with E-state index in [0.717, 1.165) is 44.5 Å². The van der Waals surface area contributed by atoms with Crippen LogP contribution in [0.1, 0.15) is 11.1 Å². The van der Waals surface area contributed by atoms with Gasteiger partial charge in [-0.3, -0.25) is 4.98 Å². The summed E-state index contributed by atoms with van der Waals surface area (Å²) in [5, 5.41) is 21.1. The summed E-state index contributed by atoms with van der Waals surface area (Å²) in [4.78, 5) is 4.78. The van der Waals surface area contributed by atoms with Crippen LogP contribution in [0.4, 0.5) is 5.69 Å². The number of rotatable bonds is 4. The Kier molecular flexibility index (Phi) is 4.38. The molecular formula is C23H19N5. The van der Waals surface area contributed by atoms with E-state index in [-0.39, 0.29) is 0 Å². The lowest BCUT2D eigenvalue weighted by molar-refractivity contribution is 0.965. The normalized spacial score (nSPS) is 10.6. The molecule has 0 saturated carbocycles. The van der Waals surface area contributed by atoms with E-state index in [1.807, 2.05) is 73.5 Å². The average molecular weight is 365 g/mol. The van der Waals surface area contributed by atoms with Crippen LogP contribution in [0.15, 0.2) is 60.9 Å². The summed E-state index contributed by atoms with van der Waals surface area (Å²) >= 11 is 0. The third-order valence-electron chi connectivity index (χ3n) is 5.00. The molecule has 136 valence electrons. The van der Waals surface area contributed by atoms with Crippen molar-refractivity contribution in [3.8, 4) is 28.5 Å². The van der Waals surface area contributed by atoms with Gasteiger partial charge in [0.25, 0.3) is 0 Å². The second kappa shape index (κ2) is 7.01. The molecule has 2 N–H and O–H groups in total. The van der Waals surface area contributed by atoms with Gasteiger partial charge in [0.05, 0.1) is 29.0 Å². The summed E-state index contributed by atoms with van der Waals surface area (Å²) in [6.07, 6.45) is 5.25. The molecule has 2 aromatic heterocycles. The van der Waals surface area contributed by atoms with Crippen molar-refractivity contribution in [1.82, 2.24) is 9.55 Å². The maximum absolute atomic E-state index is 9.12. The van der Waals surface area contributed by atoms with Gasteiger partial charge in [-0.15, -0.1) is 0 Å². The van der Waals surface area contributed by atoms with Gasteiger partial charge in [0.2, 0.25) is 0 Å². The van der Waals surface area contributed by atoms with Gasteiger partial charge in [-0.1, -0.05) is 18.2 Å². The first-order chi connectivity index (χ1) is 13.7. The van der Waals surface area contributed by atoms with Crippen molar-refractivity contribution in [2.75, 3.05) is 12.4 Å². The maximum atomic E-state index is 9.12. The van der Waals surface area contributed by atoms with Gasteiger partial charge in [0, 0.05) is 54.3 Å². The van der Waals surface area contributed by atoms with Crippen LogP contribution in [0.25, 0.3) is 33.3 Å². The molecule has 4 aromatic rings. The fourth-order valence-electron chi connectivity index (χ4n) is 3.51. The van der Waals surface area contributed by atoms with E-state index in [4.69, 9.17) is 15.7 Å². The third-order valence-corrected chi connectivity index (χ3v) is 5.00. The Morgan fingerprint density at radius 3 is 2.54 bits per heavy atom. The van der Waals surface area contributed by atoms with Gasteiger partial charge in [-0.2, -0.15) is 5.26 Å². The van der Waals surface area contributed by atoms with Crippen molar-refractivity contribution in [1.29, 1.82) is 10.7 Å². The Bertz CT molecular complexity index is 1230. The van der Waals surface area contributed by atoms with Crippen molar-refractivity contribution in [2.45, 2.75) is 0 Å². The lowest BCUT2D eigenvalue weighted by atomic mass is 9.94. The van der Waals surface area contributed by atoms with E-state index >= 15 is 0 Å². The molecule has 4 rings (SSSR count). The number of hydrogen-bond acceptors (Lipinski definition) is 4. The lowest BCUT2D eigenvalue weighted by Gasteiger charge is -2.14. The summed E-state index contributed by atoms with van der Waals surface area (Å²) < 4.78 is 2.05. The highest BCUT2D eigenvalue weighted by molar-refractivity contribution is 6.02. The van der Waals surface area contributed by atoms with Crippen LogP contribution in [0.2, 0.25) is 0 Å². The van der Waals surface area contributed by atoms with Crippen molar-refractivity contribution in [2.24, 2.45) is 7.05 Å². The molecule has 0 aliphatic carbocycles. The first-order valence-corrected chi connectivity index (χ1v) is 8.93. The summed E-state index contributed by atoms with van der Waals surface area (Å²) in [7, 11) is 3.85. The molecular weight excluding hydrogens is 346 g/mol. The SMILES string of the molecule is CNc1ccc(-c2ncc3c(ccn3C)c2-c2ccc(C#N)cc2)cc1C=N. The zero-order chi connectivity index (χ0) is 19.7. The topological polar surface area (TPSA) is 77.5 Å². The van der Waals surface area contributed by atoms with Gasteiger partial charge in [-0.25, -0.2) is 0 Å². The zero-order valence-corrected chi connectivity index (χ0v) is 15.7. The van der Waals surface area contributed by atoms with E-state index in [2.05, 4.69) is 17.5 Å². The Morgan fingerprint density at radius 2 is 1.86 bits per heavy atom. The minimum absolute atomic E-state index is 0.628. The molecule has 28 heavy (non-hydrogen) atoms. The van der Waals surface area contributed by atoms with Gasteiger partial charge in [0.1, 0.15) is 0 Å². The van der Waals surface area contributed by atoms with Crippen LogP contribution < -0.4 is 5.32 Å². The van der Waals surface area contributed by atoms with Crippen molar-refractivity contribution >= 4 is 22.8 Å². The molecule has 5 nitrogen and oxygen atoms in total. The molecule has 0 unspecified atom stereocenters. The van der Waals surface area contributed by atoms with Crippen LogP contribution in [-0.2, 0) is 7.05 Å². The number of nitrogens with one attached hydrogen (secondary N) is 2. The van der Waals surface area contributed by atoms with Crippen molar-refractivity contribution in [3.63, 3.8) is 0 Å². The first-order valence-electron chi connectivity index (χ1n) is 8.93. The van der Waals surface area contributed by atoms with Crippen LogP contribution >= 0.6 is 0 Å². The predicted octanol–water partition coefficient (Wildman–Crippen LogP) is 4.82. The maximum Gasteiger partial charge on any atom is 0.0991 e. The molecule has 0 amide bonds. The quantitative estimate of drug-likeness (QED) is 0.509.